The number of hydrogen-bond donors (Lipinski definition) is 1. The molecule has 1 N–H and O–H groups in total. The number of aliphatic hydroxyl groups excluding tert-OH is 1. The van der Waals surface area contributed by atoms with Crippen LogP contribution in [0.3, 0.4) is 0 Å². The van der Waals surface area contributed by atoms with E-state index in [1.54, 1.807) is 0 Å². The molecule has 0 radical (unpaired) electrons. The van der Waals surface area contributed by atoms with Gasteiger partial charge in [-0.25, -0.2) is 8.78 Å². The quantitative estimate of drug-likeness (QED) is 0.895. The van der Waals surface area contributed by atoms with Crippen molar-refractivity contribution < 1.29 is 13.9 Å². The molecule has 1 atom stereocenters. The monoisotopic (exact) mass is 255 g/mol. The zero-order chi connectivity index (χ0) is 12.4. The normalized spacial score (nSPS) is 12.5. The highest BCUT2D eigenvalue weighted by Crippen LogP contribution is 2.26. The third-order valence-electron chi connectivity index (χ3n) is 2.36. The zero-order valence-electron chi connectivity index (χ0n) is 8.57. The SMILES string of the molecule is OC(c1ccc(Cl)c(F)c1)c1ccncc1F. The van der Waals surface area contributed by atoms with Crippen LogP contribution in [0.4, 0.5) is 8.78 Å². The molecule has 0 aliphatic carbocycles. The summed E-state index contributed by atoms with van der Waals surface area (Å²) in [6.07, 6.45) is 1.10. The summed E-state index contributed by atoms with van der Waals surface area (Å²) in [4.78, 5) is 3.57. The van der Waals surface area contributed by atoms with E-state index in [-0.39, 0.29) is 16.1 Å². The maximum atomic E-state index is 13.4. The number of rotatable bonds is 2. The van der Waals surface area contributed by atoms with E-state index in [0.717, 1.165) is 12.3 Å². The summed E-state index contributed by atoms with van der Waals surface area (Å²) in [6.45, 7) is 0. The molecular weight excluding hydrogens is 248 g/mol. The molecule has 1 aromatic carbocycles. The standard InChI is InChI=1S/C12H8ClF2NO/c13-9-2-1-7(5-10(9)14)12(17)8-3-4-16-6-11(8)15/h1-6,12,17H. The zero-order valence-corrected chi connectivity index (χ0v) is 9.33. The summed E-state index contributed by atoms with van der Waals surface area (Å²) in [5, 5.41) is 9.87. The molecule has 2 rings (SSSR count). The van der Waals surface area contributed by atoms with Crippen LogP contribution >= 0.6 is 11.6 Å². The van der Waals surface area contributed by atoms with Crippen LogP contribution in [0.15, 0.2) is 36.7 Å². The van der Waals surface area contributed by atoms with Crippen molar-refractivity contribution in [2.75, 3.05) is 0 Å². The molecule has 2 nitrogen and oxygen atoms in total. The molecule has 0 aliphatic heterocycles. The Morgan fingerprint density at radius 1 is 1.18 bits per heavy atom. The number of halogens is 3. The molecular formula is C12H8ClF2NO. The Labute approximate surface area is 102 Å². The van der Waals surface area contributed by atoms with E-state index < -0.39 is 17.7 Å². The van der Waals surface area contributed by atoms with Crippen molar-refractivity contribution in [1.29, 1.82) is 0 Å². The van der Waals surface area contributed by atoms with Gasteiger partial charge in [0.25, 0.3) is 0 Å². The van der Waals surface area contributed by atoms with Gasteiger partial charge < -0.3 is 5.11 Å². The Hall–Kier alpha value is -1.52. The van der Waals surface area contributed by atoms with Crippen molar-refractivity contribution in [3.8, 4) is 0 Å². The predicted octanol–water partition coefficient (Wildman–Crippen LogP) is 3.09. The smallest absolute Gasteiger partial charge is 0.147 e. The van der Waals surface area contributed by atoms with Gasteiger partial charge in [0.2, 0.25) is 0 Å². The number of aromatic nitrogens is 1. The average Bonchev–Trinajstić information content (AvgIpc) is 2.32. The number of pyridine rings is 1. The number of hydrogen-bond acceptors (Lipinski definition) is 2. The van der Waals surface area contributed by atoms with Crippen LogP contribution in [0.1, 0.15) is 17.2 Å². The first-order valence-electron chi connectivity index (χ1n) is 4.82. The molecule has 5 heteroatoms. The maximum Gasteiger partial charge on any atom is 0.147 e. The Bertz CT molecular complexity index is 548. The van der Waals surface area contributed by atoms with Gasteiger partial charge in [0.15, 0.2) is 0 Å². The molecule has 0 bridgehead atoms. The molecule has 17 heavy (non-hydrogen) atoms. The second kappa shape index (κ2) is 4.77. The first kappa shape index (κ1) is 12.0. The van der Waals surface area contributed by atoms with Crippen molar-refractivity contribution in [2.45, 2.75) is 6.10 Å². The lowest BCUT2D eigenvalue weighted by atomic mass is 10.0. The lowest BCUT2D eigenvalue weighted by Crippen LogP contribution is -2.03. The van der Waals surface area contributed by atoms with Crippen molar-refractivity contribution in [2.24, 2.45) is 0 Å². The third-order valence-corrected chi connectivity index (χ3v) is 2.66. The largest absolute Gasteiger partial charge is 0.384 e. The fourth-order valence-corrected chi connectivity index (χ4v) is 1.59. The first-order chi connectivity index (χ1) is 8.09. The Kier molecular flexibility index (Phi) is 3.36. The summed E-state index contributed by atoms with van der Waals surface area (Å²) in [7, 11) is 0. The molecule has 2 aromatic rings. The van der Waals surface area contributed by atoms with Crippen molar-refractivity contribution in [3.63, 3.8) is 0 Å². The minimum absolute atomic E-state index is 0.0433. The van der Waals surface area contributed by atoms with Gasteiger partial charge in [-0.15, -0.1) is 0 Å². The summed E-state index contributed by atoms with van der Waals surface area (Å²) < 4.78 is 26.6. The van der Waals surface area contributed by atoms with Gasteiger partial charge in [0, 0.05) is 11.8 Å². The van der Waals surface area contributed by atoms with E-state index in [1.165, 1.54) is 24.4 Å². The average molecular weight is 256 g/mol. The maximum absolute atomic E-state index is 13.4. The minimum atomic E-state index is -1.25. The Balaban J connectivity index is 2.40. The Morgan fingerprint density at radius 3 is 2.59 bits per heavy atom. The molecule has 88 valence electrons. The van der Waals surface area contributed by atoms with Crippen LogP contribution in [-0.4, -0.2) is 10.1 Å². The van der Waals surface area contributed by atoms with E-state index in [4.69, 9.17) is 11.6 Å². The van der Waals surface area contributed by atoms with Crippen LogP contribution in [0, 0.1) is 11.6 Å². The van der Waals surface area contributed by atoms with E-state index in [9.17, 15) is 13.9 Å². The van der Waals surface area contributed by atoms with Crippen LogP contribution in [-0.2, 0) is 0 Å². The van der Waals surface area contributed by atoms with E-state index >= 15 is 0 Å². The van der Waals surface area contributed by atoms with E-state index in [2.05, 4.69) is 4.98 Å². The summed E-state index contributed by atoms with van der Waals surface area (Å²) in [5.41, 5.74) is 0.277. The number of benzene rings is 1. The molecule has 0 saturated heterocycles. The van der Waals surface area contributed by atoms with Gasteiger partial charge in [0.1, 0.15) is 17.7 Å². The van der Waals surface area contributed by atoms with E-state index in [1.807, 2.05) is 0 Å². The molecule has 0 fully saturated rings. The topological polar surface area (TPSA) is 33.1 Å². The van der Waals surface area contributed by atoms with Gasteiger partial charge in [-0.1, -0.05) is 17.7 Å². The van der Waals surface area contributed by atoms with Crippen molar-refractivity contribution in [3.05, 3.63) is 64.4 Å². The second-order valence-corrected chi connectivity index (χ2v) is 3.88. The van der Waals surface area contributed by atoms with Gasteiger partial charge in [-0.05, 0) is 23.8 Å². The van der Waals surface area contributed by atoms with Gasteiger partial charge in [-0.3, -0.25) is 4.98 Å². The molecule has 1 unspecified atom stereocenters. The van der Waals surface area contributed by atoms with Gasteiger partial charge >= 0.3 is 0 Å². The molecule has 0 aliphatic rings. The molecule has 1 aromatic heterocycles. The van der Waals surface area contributed by atoms with Crippen LogP contribution in [0.25, 0.3) is 0 Å². The van der Waals surface area contributed by atoms with E-state index in [0.29, 0.717) is 0 Å². The van der Waals surface area contributed by atoms with Gasteiger partial charge in [-0.2, -0.15) is 0 Å². The number of aliphatic hydroxyl groups is 1. The molecule has 0 saturated carbocycles. The second-order valence-electron chi connectivity index (χ2n) is 3.47. The van der Waals surface area contributed by atoms with Gasteiger partial charge in [0.05, 0.1) is 11.2 Å². The molecule has 0 amide bonds. The van der Waals surface area contributed by atoms with Crippen LogP contribution in [0.2, 0.25) is 5.02 Å². The summed E-state index contributed by atoms with van der Waals surface area (Å²) in [5.74, 6) is -1.30. The molecule has 0 spiro atoms. The first-order valence-corrected chi connectivity index (χ1v) is 5.20. The van der Waals surface area contributed by atoms with Crippen molar-refractivity contribution in [1.82, 2.24) is 4.98 Å². The summed E-state index contributed by atoms with van der Waals surface area (Å²) >= 11 is 5.52. The fraction of sp³-hybridized carbons (Fsp3) is 0.0833. The van der Waals surface area contributed by atoms with Crippen LogP contribution in [0.5, 0.6) is 0 Å². The highest BCUT2D eigenvalue weighted by molar-refractivity contribution is 6.30. The lowest BCUT2D eigenvalue weighted by molar-refractivity contribution is 0.214. The molecule has 1 heterocycles. The summed E-state index contributed by atoms with van der Waals surface area (Å²) in [6, 6.07) is 5.17. The fourth-order valence-electron chi connectivity index (χ4n) is 1.47. The number of nitrogens with zero attached hydrogens (tertiary/aromatic N) is 1. The Morgan fingerprint density at radius 2 is 1.94 bits per heavy atom. The van der Waals surface area contributed by atoms with Crippen molar-refractivity contribution >= 4 is 11.6 Å². The minimum Gasteiger partial charge on any atom is -0.384 e. The third kappa shape index (κ3) is 2.43. The highest BCUT2D eigenvalue weighted by atomic mass is 35.5. The predicted molar refractivity (Wildman–Crippen MR) is 59.7 cm³/mol. The van der Waals surface area contributed by atoms with Crippen LogP contribution < -0.4 is 0 Å². The highest BCUT2D eigenvalue weighted by Gasteiger charge is 2.16. The lowest BCUT2D eigenvalue weighted by Gasteiger charge is -2.12.